The van der Waals surface area contributed by atoms with Crippen LogP contribution >= 0.6 is 0 Å². The Hall–Kier alpha value is -1.36. The molecule has 2 rings (SSSR count). The second kappa shape index (κ2) is 5.12. The zero-order chi connectivity index (χ0) is 11.4. The van der Waals surface area contributed by atoms with Crippen LogP contribution in [0.1, 0.15) is 23.3 Å². The van der Waals surface area contributed by atoms with Gasteiger partial charge in [-0.3, -0.25) is 9.48 Å². The Morgan fingerprint density at radius 2 is 2.62 bits per heavy atom. The van der Waals surface area contributed by atoms with Gasteiger partial charge in [-0.1, -0.05) is 0 Å². The van der Waals surface area contributed by atoms with Gasteiger partial charge in [0.15, 0.2) is 0 Å². The van der Waals surface area contributed by atoms with E-state index in [1.54, 1.807) is 24.0 Å². The van der Waals surface area contributed by atoms with E-state index in [1.165, 1.54) is 6.42 Å². The van der Waals surface area contributed by atoms with Crippen LogP contribution in [0.2, 0.25) is 0 Å². The van der Waals surface area contributed by atoms with Gasteiger partial charge in [-0.2, -0.15) is 5.10 Å². The summed E-state index contributed by atoms with van der Waals surface area (Å²) in [6, 6.07) is 1.73. The van der Waals surface area contributed by atoms with Crippen LogP contribution < -0.4 is 10.6 Å². The number of aromatic nitrogens is 2. The zero-order valence-electron chi connectivity index (χ0n) is 9.57. The number of carbonyl (C=O) groups excluding carboxylic acids is 1. The molecule has 2 N–H and O–H groups in total. The van der Waals surface area contributed by atoms with E-state index in [2.05, 4.69) is 15.7 Å². The Kier molecular flexibility index (Phi) is 3.56. The molecule has 1 saturated heterocycles. The van der Waals surface area contributed by atoms with Gasteiger partial charge in [-0.05, 0) is 37.9 Å². The van der Waals surface area contributed by atoms with E-state index >= 15 is 0 Å². The van der Waals surface area contributed by atoms with Gasteiger partial charge in [-0.25, -0.2) is 0 Å². The summed E-state index contributed by atoms with van der Waals surface area (Å²) < 4.78 is 1.59. The molecule has 1 aromatic rings. The standard InChI is InChI=1S/C11H18N4O/c1-15-10(4-7-14-15)11(16)13-6-3-9-2-5-12-8-9/h4,7,9,12H,2-3,5-6,8H2,1H3,(H,13,16)/t9-/m1/s1. The quantitative estimate of drug-likeness (QED) is 0.762. The van der Waals surface area contributed by atoms with Gasteiger partial charge < -0.3 is 10.6 Å². The lowest BCUT2D eigenvalue weighted by atomic mass is 10.1. The third-order valence-electron chi connectivity index (χ3n) is 3.05. The highest BCUT2D eigenvalue weighted by Crippen LogP contribution is 2.10. The van der Waals surface area contributed by atoms with Gasteiger partial charge in [0, 0.05) is 19.8 Å². The summed E-state index contributed by atoms with van der Waals surface area (Å²) in [6.45, 7) is 2.94. The van der Waals surface area contributed by atoms with Gasteiger partial charge in [0.25, 0.3) is 5.91 Å². The Labute approximate surface area is 95.2 Å². The molecule has 1 amide bonds. The molecule has 1 aromatic heterocycles. The van der Waals surface area contributed by atoms with Crippen molar-refractivity contribution in [2.45, 2.75) is 12.8 Å². The number of carbonyl (C=O) groups is 1. The molecule has 0 bridgehead atoms. The van der Waals surface area contributed by atoms with E-state index in [1.807, 2.05) is 0 Å². The second-order valence-corrected chi connectivity index (χ2v) is 4.24. The maximum atomic E-state index is 11.7. The lowest BCUT2D eigenvalue weighted by Crippen LogP contribution is -2.28. The largest absolute Gasteiger partial charge is 0.351 e. The lowest BCUT2D eigenvalue weighted by molar-refractivity contribution is 0.0942. The van der Waals surface area contributed by atoms with E-state index in [4.69, 9.17) is 0 Å². The molecule has 88 valence electrons. The highest BCUT2D eigenvalue weighted by Gasteiger charge is 2.15. The van der Waals surface area contributed by atoms with E-state index < -0.39 is 0 Å². The summed E-state index contributed by atoms with van der Waals surface area (Å²) in [7, 11) is 1.77. The fourth-order valence-electron chi connectivity index (χ4n) is 2.04. The van der Waals surface area contributed by atoms with Crippen LogP contribution in [-0.2, 0) is 7.05 Å². The molecule has 0 aliphatic carbocycles. The van der Waals surface area contributed by atoms with Crippen LogP contribution in [0.15, 0.2) is 12.3 Å². The van der Waals surface area contributed by atoms with Gasteiger partial charge in [0.05, 0.1) is 0 Å². The van der Waals surface area contributed by atoms with Crippen molar-refractivity contribution in [3.8, 4) is 0 Å². The van der Waals surface area contributed by atoms with Gasteiger partial charge in [0.1, 0.15) is 5.69 Å². The molecule has 0 spiro atoms. The molecule has 1 atom stereocenters. The smallest absolute Gasteiger partial charge is 0.269 e. The Bertz CT molecular complexity index is 355. The van der Waals surface area contributed by atoms with Crippen molar-refractivity contribution < 1.29 is 4.79 Å². The minimum atomic E-state index is -0.0362. The van der Waals surface area contributed by atoms with Crippen molar-refractivity contribution >= 4 is 5.91 Å². The molecule has 0 radical (unpaired) electrons. The van der Waals surface area contributed by atoms with Gasteiger partial charge in [0.2, 0.25) is 0 Å². The van der Waals surface area contributed by atoms with Crippen LogP contribution in [0.4, 0.5) is 0 Å². The van der Waals surface area contributed by atoms with Crippen LogP contribution in [0.3, 0.4) is 0 Å². The maximum Gasteiger partial charge on any atom is 0.269 e. The molecule has 1 fully saturated rings. The molecular formula is C11H18N4O. The zero-order valence-corrected chi connectivity index (χ0v) is 9.57. The van der Waals surface area contributed by atoms with Crippen molar-refractivity contribution in [1.82, 2.24) is 20.4 Å². The first kappa shape index (κ1) is 11.1. The predicted molar refractivity (Wildman–Crippen MR) is 61.1 cm³/mol. The highest BCUT2D eigenvalue weighted by molar-refractivity contribution is 5.92. The Morgan fingerprint density at radius 3 is 3.25 bits per heavy atom. The topological polar surface area (TPSA) is 59.0 Å². The second-order valence-electron chi connectivity index (χ2n) is 4.24. The number of rotatable bonds is 4. The number of hydrogen-bond acceptors (Lipinski definition) is 3. The minimum Gasteiger partial charge on any atom is -0.351 e. The molecule has 1 aliphatic rings. The molecule has 5 heteroatoms. The Morgan fingerprint density at radius 1 is 1.75 bits per heavy atom. The van der Waals surface area contributed by atoms with E-state index in [0.717, 1.165) is 26.1 Å². The third kappa shape index (κ3) is 2.61. The maximum absolute atomic E-state index is 11.7. The minimum absolute atomic E-state index is 0.0362. The molecule has 0 saturated carbocycles. The molecule has 0 aromatic carbocycles. The van der Waals surface area contributed by atoms with Crippen molar-refractivity contribution in [3.63, 3.8) is 0 Å². The van der Waals surface area contributed by atoms with Crippen molar-refractivity contribution in [2.24, 2.45) is 13.0 Å². The number of hydrogen-bond donors (Lipinski definition) is 2. The van der Waals surface area contributed by atoms with Gasteiger partial charge in [-0.15, -0.1) is 0 Å². The first-order valence-electron chi connectivity index (χ1n) is 5.74. The fraction of sp³-hybridized carbons (Fsp3) is 0.636. The first-order valence-corrected chi connectivity index (χ1v) is 5.74. The van der Waals surface area contributed by atoms with E-state index in [-0.39, 0.29) is 5.91 Å². The molecule has 16 heavy (non-hydrogen) atoms. The summed E-state index contributed by atoms with van der Waals surface area (Å²) in [5.74, 6) is 0.679. The normalized spacial score (nSPS) is 19.9. The average molecular weight is 222 g/mol. The van der Waals surface area contributed by atoms with Crippen LogP contribution in [0.25, 0.3) is 0 Å². The predicted octanol–water partition coefficient (Wildman–Crippen LogP) is 0.150. The van der Waals surface area contributed by atoms with Crippen molar-refractivity contribution in [2.75, 3.05) is 19.6 Å². The van der Waals surface area contributed by atoms with Crippen molar-refractivity contribution in [3.05, 3.63) is 18.0 Å². The summed E-state index contributed by atoms with van der Waals surface area (Å²) in [6.07, 6.45) is 3.91. The number of aryl methyl sites for hydroxylation is 1. The highest BCUT2D eigenvalue weighted by atomic mass is 16.2. The van der Waals surface area contributed by atoms with Crippen molar-refractivity contribution in [1.29, 1.82) is 0 Å². The number of nitrogens with zero attached hydrogens (tertiary/aromatic N) is 2. The van der Waals surface area contributed by atoms with Crippen LogP contribution in [0, 0.1) is 5.92 Å². The first-order chi connectivity index (χ1) is 7.77. The summed E-state index contributed by atoms with van der Waals surface area (Å²) >= 11 is 0. The summed E-state index contributed by atoms with van der Waals surface area (Å²) in [5.41, 5.74) is 0.615. The average Bonchev–Trinajstić information content (AvgIpc) is 2.88. The molecule has 1 aliphatic heterocycles. The van der Waals surface area contributed by atoms with E-state index in [9.17, 15) is 4.79 Å². The molecule has 5 nitrogen and oxygen atoms in total. The summed E-state index contributed by atoms with van der Waals surface area (Å²) in [5, 5.41) is 10.2. The van der Waals surface area contributed by atoms with Crippen LogP contribution in [0.5, 0.6) is 0 Å². The third-order valence-corrected chi connectivity index (χ3v) is 3.05. The monoisotopic (exact) mass is 222 g/mol. The number of amides is 1. The number of nitrogens with one attached hydrogen (secondary N) is 2. The molecule has 2 heterocycles. The molecular weight excluding hydrogens is 204 g/mol. The SMILES string of the molecule is Cn1nccc1C(=O)NCC[C@H]1CCNC1. The van der Waals surface area contributed by atoms with E-state index in [0.29, 0.717) is 11.6 Å². The fourth-order valence-corrected chi connectivity index (χ4v) is 2.04. The molecule has 0 unspecified atom stereocenters. The summed E-state index contributed by atoms with van der Waals surface area (Å²) in [4.78, 5) is 11.7. The lowest BCUT2D eigenvalue weighted by Gasteiger charge is -2.09. The van der Waals surface area contributed by atoms with Crippen LogP contribution in [-0.4, -0.2) is 35.3 Å². The van der Waals surface area contributed by atoms with Gasteiger partial charge >= 0.3 is 0 Å². The Balaban J connectivity index is 1.73.